The van der Waals surface area contributed by atoms with Crippen LogP contribution in [0.1, 0.15) is 31.4 Å². The highest BCUT2D eigenvalue weighted by molar-refractivity contribution is 9.10. The SMILES string of the molecule is CCCC(NS(=O)(=O)c1cncc(Br)c1)c1ccccc1. The molecule has 1 atom stereocenters. The van der Waals surface area contributed by atoms with E-state index in [1.165, 1.54) is 6.20 Å². The highest BCUT2D eigenvalue weighted by atomic mass is 79.9. The van der Waals surface area contributed by atoms with Gasteiger partial charge in [-0.1, -0.05) is 43.7 Å². The maximum atomic E-state index is 12.5. The van der Waals surface area contributed by atoms with Crippen LogP contribution in [0.15, 0.2) is 58.2 Å². The van der Waals surface area contributed by atoms with Crippen LogP contribution in [0.25, 0.3) is 0 Å². The molecule has 21 heavy (non-hydrogen) atoms. The Balaban J connectivity index is 2.28. The van der Waals surface area contributed by atoms with Crippen LogP contribution in [-0.2, 0) is 10.0 Å². The molecule has 2 aromatic rings. The zero-order chi connectivity index (χ0) is 15.3. The lowest BCUT2D eigenvalue weighted by Gasteiger charge is -2.18. The molecule has 0 saturated heterocycles. The van der Waals surface area contributed by atoms with Crippen molar-refractivity contribution in [3.05, 3.63) is 58.8 Å². The summed E-state index contributed by atoms with van der Waals surface area (Å²) in [7, 11) is -3.59. The number of hydrogen-bond donors (Lipinski definition) is 1. The lowest BCUT2D eigenvalue weighted by molar-refractivity contribution is 0.535. The first-order valence-electron chi connectivity index (χ1n) is 6.71. The fourth-order valence-corrected chi connectivity index (χ4v) is 3.83. The van der Waals surface area contributed by atoms with E-state index in [0.717, 1.165) is 18.4 Å². The van der Waals surface area contributed by atoms with Gasteiger partial charge >= 0.3 is 0 Å². The molecule has 2 rings (SSSR count). The van der Waals surface area contributed by atoms with Crippen molar-refractivity contribution >= 4 is 26.0 Å². The van der Waals surface area contributed by atoms with Crippen LogP contribution in [0, 0.1) is 0 Å². The summed E-state index contributed by atoms with van der Waals surface area (Å²) in [6.07, 6.45) is 4.53. The predicted octanol–water partition coefficient (Wildman–Crippen LogP) is 3.66. The highest BCUT2D eigenvalue weighted by Crippen LogP contribution is 2.22. The van der Waals surface area contributed by atoms with E-state index in [2.05, 4.69) is 25.6 Å². The largest absolute Gasteiger partial charge is 0.262 e. The monoisotopic (exact) mass is 368 g/mol. The number of nitrogens with zero attached hydrogens (tertiary/aromatic N) is 1. The van der Waals surface area contributed by atoms with Gasteiger partial charge in [0.25, 0.3) is 0 Å². The van der Waals surface area contributed by atoms with Gasteiger partial charge < -0.3 is 0 Å². The minimum Gasteiger partial charge on any atom is -0.262 e. The average Bonchev–Trinajstić information content (AvgIpc) is 2.47. The first-order valence-corrected chi connectivity index (χ1v) is 8.98. The highest BCUT2D eigenvalue weighted by Gasteiger charge is 2.21. The van der Waals surface area contributed by atoms with Crippen molar-refractivity contribution in [1.82, 2.24) is 9.71 Å². The van der Waals surface area contributed by atoms with Gasteiger partial charge in [0, 0.05) is 22.9 Å². The van der Waals surface area contributed by atoms with Crippen LogP contribution in [0.2, 0.25) is 0 Å². The second-order valence-electron chi connectivity index (χ2n) is 4.71. The van der Waals surface area contributed by atoms with Gasteiger partial charge in [-0.25, -0.2) is 13.1 Å². The van der Waals surface area contributed by atoms with Crippen LogP contribution in [0.5, 0.6) is 0 Å². The summed E-state index contributed by atoms with van der Waals surface area (Å²) in [6, 6.07) is 10.9. The number of rotatable bonds is 6. The Bertz CT molecular complexity index is 690. The van der Waals surface area contributed by atoms with E-state index in [9.17, 15) is 8.42 Å². The van der Waals surface area contributed by atoms with Crippen molar-refractivity contribution in [1.29, 1.82) is 0 Å². The Hall–Kier alpha value is -1.24. The van der Waals surface area contributed by atoms with E-state index in [1.54, 1.807) is 12.3 Å². The lowest BCUT2D eigenvalue weighted by atomic mass is 10.0. The molecule has 1 aromatic heterocycles. The number of aromatic nitrogens is 1. The standard InChI is InChI=1S/C15H17BrN2O2S/c1-2-6-15(12-7-4-3-5-8-12)18-21(19,20)14-9-13(16)10-17-11-14/h3-5,7-11,15,18H,2,6H2,1H3. The number of sulfonamides is 1. The van der Waals surface area contributed by atoms with Crippen molar-refractivity contribution in [2.24, 2.45) is 0 Å². The fraction of sp³-hybridized carbons (Fsp3) is 0.267. The second kappa shape index (κ2) is 7.15. The van der Waals surface area contributed by atoms with Crippen LogP contribution in [0.3, 0.4) is 0 Å². The Kier molecular flexibility index (Phi) is 5.50. The summed E-state index contributed by atoms with van der Waals surface area (Å²) in [5, 5.41) is 0. The number of benzene rings is 1. The number of halogens is 1. The molecular formula is C15H17BrN2O2S. The molecule has 1 aromatic carbocycles. The van der Waals surface area contributed by atoms with Gasteiger partial charge in [-0.15, -0.1) is 0 Å². The molecule has 0 saturated carbocycles. The number of pyridine rings is 1. The van der Waals surface area contributed by atoms with Gasteiger partial charge in [-0.05, 0) is 34.0 Å². The fourth-order valence-electron chi connectivity index (χ4n) is 2.06. The zero-order valence-corrected chi connectivity index (χ0v) is 14.1. The third-order valence-electron chi connectivity index (χ3n) is 3.07. The Morgan fingerprint density at radius 2 is 1.95 bits per heavy atom. The first kappa shape index (κ1) is 16.1. The van der Waals surface area contributed by atoms with Crippen LogP contribution >= 0.6 is 15.9 Å². The molecule has 1 heterocycles. The van der Waals surface area contributed by atoms with Gasteiger partial charge in [0.1, 0.15) is 4.90 Å². The minimum atomic E-state index is -3.59. The van der Waals surface area contributed by atoms with E-state index in [-0.39, 0.29) is 10.9 Å². The molecule has 112 valence electrons. The third-order valence-corrected chi connectivity index (χ3v) is 4.94. The van der Waals surface area contributed by atoms with Crippen LogP contribution in [-0.4, -0.2) is 13.4 Å². The normalized spacial score (nSPS) is 13.0. The van der Waals surface area contributed by atoms with Crippen molar-refractivity contribution in [2.45, 2.75) is 30.7 Å². The number of hydrogen-bond acceptors (Lipinski definition) is 3. The summed E-state index contributed by atoms with van der Waals surface area (Å²) in [5.41, 5.74) is 0.964. The smallest absolute Gasteiger partial charge is 0.242 e. The van der Waals surface area contributed by atoms with Gasteiger partial charge in [0.05, 0.1) is 0 Å². The van der Waals surface area contributed by atoms with Crippen molar-refractivity contribution < 1.29 is 8.42 Å². The van der Waals surface area contributed by atoms with E-state index in [0.29, 0.717) is 4.47 Å². The van der Waals surface area contributed by atoms with Crippen LogP contribution in [0.4, 0.5) is 0 Å². The summed E-state index contributed by atoms with van der Waals surface area (Å²) in [4.78, 5) is 4.07. The molecule has 6 heteroatoms. The average molecular weight is 369 g/mol. The van der Waals surface area contributed by atoms with Gasteiger partial charge in [-0.3, -0.25) is 4.98 Å². The summed E-state index contributed by atoms with van der Waals surface area (Å²) in [5.74, 6) is 0. The van der Waals surface area contributed by atoms with Gasteiger partial charge in [0.2, 0.25) is 10.0 Å². The zero-order valence-electron chi connectivity index (χ0n) is 11.7. The molecule has 0 bridgehead atoms. The maximum absolute atomic E-state index is 12.5. The van der Waals surface area contributed by atoms with Crippen molar-refractivity contribution in [2.75, 3.05) is 0 Å². The molecule has 0 aliphatic carbocycles. The molecule has 0 spiro atoms. The summed E-state index contributed by atoms with van der Waals surface area (Å²) in [6.45, 7) is 2.03. The molecule has 0 fully saturated rings. The topological polar surface area (TPSA) is 59.1 Å². The Morgan fingerprint density at radius 3 is 2.57 bits per heavy atom. The van der Waals surface area contributed by atoms with E-state index in [4.69, 9.17) is 0 Å². The molecule has 0 aliphatic heterocycles. The summed E-state index contributed by atoms with van der Waals surface area (Å²) >= 11 is 3.24. The first-order chi connectivity index (χ1) is 10.0. The molecule has 0 amide bonds. The minimum absolute atomic E-state index is 0.161. The maximum Gasteiger partial charge on any atom is 0.242 e. The number of nitrogens with one attached hydrogen (secondary N) is 1. The molecule has 1 unspecified atom stereocenters. The molecule has 0 radical (unpaired) electrons. The summed E-state index contributed by atoms with van der Waals surface area (Å²) < 4.78 is 28.3. The molecule has 0 aliphatic rings. The Labute approximate surface area is 133 Å². The molecule has 1 N–H and O–H groups in total. The molecular weight excluding hydrogens is 352 g/mol. The van der Waals surface area contributed by atoms with Gasteiger partial charge in [-0.2, -0.15) is 0 Å². The Morgan fingerprint density at radius 1 is 1.24 bits per heavy atom. The third kappa shape index (κ3) is 4.36. The second-order valence-corrected chi connectivity index (χ2v) is 7.34. The van der Waals surface area contributed by atoms with Gasteiger partial charge in [0.15, 0.2) is 0 Å². The van der Waals surface area contributed by atoms with E-state index >= 15 is 0 Å². The lowest BCUT2D eigenvalue weighted by Crippen LogP contribution is -2.28. The quantitative estimate of drug-likeness (QED) is 0.845. The van der Waals surface area contributed by atoms with Crippen molar-refractivity contribution in [3.8, 4) is 0 Å². The van der Waals surface area contributed by atoms with Crippen molar-refractivity contribution in [3.63, 3.8) is 0 Å². The van der Waals surface area contributed by atoms with Crippen LogP contribution < -0.4 is 4.72 Å². The molecule has 4 nitrogen and oxygen atoms in total. The van der Waals surface area contributed by atoms with E-state index < -0.39 is 10.0 Å². The predicted molar refractivity (Wildman–Crippen MR) is 86.3 cm³/mol. The van der Waals surface area contributed by atoms with E-state index in [1.807, 2.05) is 37.3 Å².